The van der Waals surface area contributed by atoms with Crippen molar-refractivity contribution >= 4 is 23.5 Å². The summed E-state index contributed by atoms with van der Waals surface area (Å²) in [5, 5.41) is 5.11. The smallest absolute Gasteiger partial charge is 0.326 e. The Balaban J connectivity index is 1.47. The molecular formula is C20H20N2O6. The molecule has 1 atom stereocenters. The first-order valence-electron chi connectivity index (χ1n) is 8.67. The topological polar surface area (TPSA) is 103 Å². The molecule has 8 nitrogen and oxygen atoms in total. The molecular weight excluding hydrogens is 364 g/mol. The zero-order valence-electron chi connectivity index (χ0n) is 15.5. The minimum atomic E-state index is -1.03. The average Bonchev–Trinajstić information content (AvgIpc) is 3.13. The summed E-state index contributed by atoms with van der Waals surface area (Å²) in [4.78, 5) is 36.1. The number of fused-ring (bicyclic) bond motifs is 1. The van der Waals surface area contributed by atoms with E-state index in [1.54, 1.807) is 36.4 Å². The van der Waals surface area contributed by atoms with Gasteiger partial charge in [-0.25, -0.2) is 0 Å². The fourth-order valence-corrected chi connectivity index (χ4v) is 2.55. The van der Waals surface area contributed by atoms with Crippen molar-refractivity contribution in [3.8, 4) is 11.5 Å². The third kappa shape index (κ3) is 4.79. The van der Waals surface area contributed by atoms with Gasteiger partial charge in [0.15, 0.2) is 17.6 Å². The van der Waals surface area contributed by atoms with Gasteiger partial charge in [-0.15, -0.1) is 0 Å². The fraction of sp³-hybridized carbons (Fsp3) is 0.250. The van der Waals surface area contributed by atoms with Crippen LogP contribution in [0.15, 0.2) is 42.5 Å². The molecule has 2 N–H and O–H groups in total. The number of carbonyl (C=O) groups excluding carboxylic acids is 3. The van der Waals surface area contributed by atoms with Gasteiger partial charge in [0.1, 0.15) is 6.54 Å². The van der Waals surface area contributed by atoms with Crippen molar-refractivity contribution in [3.05, 3.63) is 53.6 Å². The van der Waals surface area contributed by atoms with Crippen LogP contribution in [0.3, 0.4) is 0 Å². The van der Waals surface area contributed by atoms with Gasteiger partial charge >= 0.3 is 5.97 Å². The number of rotatable bonds is 6. The maximum atomic E-state index is 12.2. The molecule has 3 rings (SSSR count). The van der Waals surface area contributed by atoms with Gasteiger partial charge in [0.25, 0.3) is 11.8 Å². The minimum absolute atomic E-state index is 0.134. The molecule has 146 valence electrons. The molecule has 2 aromatic carbocycles. The third-order valence-corrected chi connectivity index (χ3v) is 3.99. The summed E-state index contributed by atoms with van der Waals surface area (Å²) in [5.74, 6) is -0.479. The molecule has 0 saturated heterocycles. The Hall–Kier alpha value is -3.55. The highest BCUT2D eigenvalue weighted by Crippen LogP contribution is 2.34. The van der Waals surface area contributed by atoms with Crippen LogP contribution in [0.4, 0.5) is 5.69 Å². The van der Waals surface area contributed by atoms with Crippen molar-refractivity contribution in [2.75, 3.05) is 18.7 Å². The van der Waals surface area contributed by atoms with E-state index in [4.69, 9.17) is 14.2 Å². The molecule has 1 aliphatic rings. The van der Waals surface area contributed by atoms with E-state index in [9.17, 15) is 14.4 Å². The number of ether oxygens (including phenoxy) is 3. The number of carbonyl (C=O) groups is 3. The second-order valence-corrected chi connectivity index (χ2v) is 6.24. The Bertz CT molecular complexity index is 911. The summed E-state index contributed by atoms with van der Waals surface area (Å²) in [6.07, 6.45) is -1.03. The van der Waals surface area contributed by atoms with E-state index in [1.807, 2.05) is 13.0 Å². The monoisotopic (exact) mass is 384 g/mol. The van der Waals surface area contributed by atoms with Gasteiger partial charge in [-0.2, -0.15) is 0 Å². The maximum absolute atomic E-state index is 12.2. The summed E-state index contributed by atoms with van der Waals surface area (Å²) < 4.78 is 15.5. The van der Waals surface area contributed by atoms with Crippen LogP contribution in [0.1, 0.15) is 22.8 Å². The summed E-state index contributed by atoms with van der Waals surface area (Å²) >= 11 is 0. The molecule has 0 unspecified atom stereocenters. The van der Waals surface area contributed by atoms with Crippen LogP contribution in [0, 0.1) is 6.92 Å². The molecule has 0 aliphatic carbocycles. The van der Waals surface area contributed by atoms with Crippen LogP contribution in [0.2, 0.25) is 0 Å². The molecule has 0 aromatic heterocycles. The summed E-state index contributed by atoms with van der Waals surface area (Å²) in [5.41, 5.74) is 1.87. The quantitative estimate of drug-likeness (QED) is 0.739. The van der Waals surface area contributed by atoms with Crippen LogP contribution in [-0.2, 0) is 14.3 Å². The van der Waals surface area contributed by atoms with Gasteiger partial charge in [0, 0.05) is 17.3 Å². The lowest BCUT2D eigenvalue weighted by Gasteiger charge is -2.14. The SMILES string of the molecule is Cc1cccc(C(=O)NCC(=O)O[C@@H](C)C(=O)Nc2ccc3c(c2)OCO3)c1. The molecule has 1 aliphatic heterocycles. The van der Waals surface area contributed by atoms with E-state index >= 15 is 0 Å². The molecule has 0 radical (unpaired) electrons. The van der Waals surface area contributed by atoms with Gasteiger partial charge in [-0.05, 0) is 38.1 Å². The summed E-state index contributed by atoms with van der Waals surface area (Å²) in [6, 6.07) is 11.9. The molecule has 1 heterocycles. The van der Waals surface area contributed by atoms with Crippen LogP contribution in [-0.4, -0.2) is 37.2 Å². The van der Waals surface area contributed by atoms with E-state index < -0.39 is 23.9 Å². The molecule has 2 amide bonds. The van der Waals surface area contributed by atoms with E-state index in [0.29, 0.717) is 22.7 Å². The molecule has 8 heteroatoms. The van der Waals surface area contributed by atoms with Crippen LogP contribution in [0.5, 0.6) is 11.5 Å². The highest BCUT2D eigenvalue weighted by Gasteiger charge is 2.20. The van der Waals surface area contributed by atoms with E-state index in [0.717, 1.165) is 5.56 Å². The predicted octanol–water partition coefficient (Wildman–Crippen LogP) is 2.02. The number of benzene rings is 2. The van der Waals surface area contributed by atoms with E-state index in [1.165, 1.54) is 6.92 Å². The second-order valence-electron chi connectivity index (χ2n) is 6.24. The largest absolute Gasteiger partial charge is 0.454 e. The molecule has 28 heavy (non-hydrogen) atoms. The van der Waals surface area contributed by atoms with E-state index in [2.05, 4.69) is 10.6 Å². The molecule has 0 fully saturated rings. The minimum Gasteiger partial charge on any atom is -0.454 e. The first-order valence-corrected chi connectivity index (χ1v) is 8.67. The van der Waals surface area contributed by atoms with Crippen molar-refractivity contribution in [2.45, 2.75) is 20.0 Å². The Morgan fingerprint density at radius 3 is 2.68 bits per heavy atom. The van der Waals surface area contributed by atoms with Gasteiger partial charge < -0.3 is 24.8 Å². The maximum Gasteiger partial charge on any atom is 0.326 e. The lowest BCUT2D eigenvalue weighted by atomic mass is 10.1. The zero-order chi connectivity index (χ0) is 20.1. The standard InChI is InChI=1S/C20H20N2O6/c1-12-4-3-5-14(8-12)20(25)21-10-18(23)28-13(2)19(24)22-15-6-7-16-17(9-15)27-11-26-16/h3-9,13H,10-11H2,1-2H3,(H,21,25)(H,22,24)/t13-/m0/s1. The third-order valence-electron chi connectivity index (χ3n) is 3.99. The van der Waals surface area contributed by atoms with Crippen molar-refractivity contribution in [1.82, 2.24) is 5.32 Å². The van der Waals surface area contributed by atoms with Gasteiger partial charge in [0.05, 0.1) is 0 Å². The number of anilines is 1. The van der Waals surface area contributed by atoms with Crippen LogP contribution >= 0.6 is 0 Å². The van der Waals surface area contributed by atoms with Crippen molar-refractivity contribution in [3.63, 3.8) is 0 Å². The lowest BCUT2D eigenvalue weighted by Crippen LogP contribution is -2.35. The fourth-order valence-electron chi connectivity index (χ4n) is 2.55. The number of amides is 2. The Morgan fingerprint density at radius 1 is 1.11 bits per heavy atom. The first kappa shape index (κ1) is 19.2. The molecule has 0 spiro atoms. The molecule has 0 saturated carbocycles. The number of nitrogens with one attached hydrogen (secondary N) is 2. The van der Waals surface area contributed by atoms with Crippen LogP contribution < -0.4 is 20.1 Å². The highest BCUT2D eigenvalue weighted by atomic mass is 16.7. The average molecular weight is 384 g/mol. The lowest BCUT2D eigenvalue weighted by molar-refractivity contribution is -0.152. The number of hydrogen-bond acceptors (Lipinski definition) is 6. The second kappa shape index (κ2) is 8.43. The zero-order valence-corrected chi connectivity index (χ0v) is 15.5. The Kier molecular flexibility index (Phi) is 5.78. The highest BCUT2D eigenvalue weighted by molar-refractivity contribution is 5.97. The first-order chi connectivity index (χ1) is 13.4. The van der Waals surface area contributed by atoms with Crippen molar-refractivity contribution in [2.24, 2.45) is 0 Å². The predicted molar refractivity (Wildman–Crippen MR) is 100 cm³/mol. The van der Waals surface area contributed by atoms with Gasteiger partial charge in [0.2, 0.25) is 6.79 Å². The van der Waals surface area contributed by atoms with Crippen molar-refractivity contribution in [1.29, 1.82) is 0 Å². The Labute approximate surface area is 161 Å². The number of hydrogen-bond donors (Lipinski definition) is 2. The van der Waals surface area contributed by atoms with Crippen LogP contribution in [0.25, 0.3) is 0 Å². The Morgan fingerprint density at radius 2 is 1.89 bits per heavy atom. The molecule has 0 bridgehead atoms. The van der Waals surface area contributed by atoms with E-state index in [-0.39, 0.29) is 13.3 Å². The molecule has 2 aromatic rings. The van der Waals surface area contributed by atoms with Gasteiger partial charge in [-0.3, -0.25) is 14.4 Å². The van der Waals surface area contributed by atoms with Gasteiger partial charge in [-0.1, -0.05) is 17.7 Å². The van der Waals surface area contributed by atoms with Crippen molar-refractivity contribution < 1.29 is 28.6 Å². The number of esters is 1. The normalized spacial score (nSPS) is 12.8. The summed E-state index contributed by atoms with van der Waals surface area (Å²) in [6.45, 7) is 3.11. The summed E-state index contributed by atoms with van der Waals surface area (Å²) in [7, 11) is 0. The number of aryl methyl sites for hydroxylation is 1.